The molecule has 0 aliphatic carbocycles. The molecule has 2 heterocycles. The van der Waals surface area contributed by atoms with Crippen molar-refractivity contribution in [3.8, 4) is 22.8 Å². The van der Waals surface area contributed by atoms with Gasteiger partial charge in [0.1, 0.15) is 5.56 Å². The molecule has 1 aliphatic rings. The zero-order valence-corrected chi connectivity index (χ0v) is 14.5. The molecule has 0 bridgehead atoms. The van der Waals surface area contributed by atoms with Crippen LogP contribution in [0.1, 0.15) is 42.7 Å². The van der Waals surface area contributed by atoms with Gasteiger partial charge in [-0.2, -0.15) is 0 Å². The molecule has 2 aromatic rings. The van der Waals surface area contributed by atoms with Crippen molar-refractivity contribution in [1.82, 2.24) is 4.57 Å². The van der Waals surface area contributed by atoms with Gasteiger partial charge in [-0.05, 0) is 44.9 Å². The summed E-state index contributed by atoms with van der Waals surface area (Å²) in [6.07, 6.45) is 2.15. The predicted octanol–water partition coefficient (Wildman–Crippen LogP) is 3.13. The average molecular weight is 343 g/mol. The number of carbonyl (C=O) groups is 1. The van der Waals surface area contributed by atoms with Crippen LogP contribution in [0.15, 0.2) is 29.2 Å². The average Bonchev–Trinajstić information content (AvgIpc) is 2.56. The van der Waals surface area contributed by atoms with Gasteiger partial charge in [0.15, 0.2) is 16.9 Å². The Kier molecular flexibility index (Phi) is 4.53. The van der Waals surface area contributed by atoms with E-state index >= 15 is 0 Å². The molecule has 0 saturated heterocycles. The summed E-state index contributed by atoms with van der Waals surface area (Å²) in [6.45, 7) is 6.85. The molecule has 0 spiro atoms. The Morgan fingerprint density at radius 3 is 2.44 bits per heavy atom. The molecule has 132 valence electrons. The number of carboxylic acids is 1. The number of aromatic carboxylic acids is 1. The number of hydrogen-bond donors (Lipinski definition) is 1. The number of hydrogen-bond acceptors (Lipinski definition) is 4. The maximum Gasteiger partial charge on any atom is 0.341 e. The van der Waals surface area contributed by atoms with E-state index in [1.54, 1.807) is 0 Å². The maximum absolute atomic E-state index is 12.2. The molecule has 1 N–H and O–H groups in total. The molecule has 1 atom stereocenters. The Balaban J connectivity index is 2.22. The summed E-state index contributed by atoms with van der Waals surface area (Å²) in [4.78, 5) is 23.4. The van der Waals surface area contributed by atoms with Gasteiger partial charge in [-0.1, -0.05) is 0 Å². The summed E-state index contributed by atoms with van der Waals surface area (Å²) >= 11 is 0. The first-order valence-electron chi connectivity index (χ1n) is 8.38. The van der Waals surface area contributed by atoms with E-state index in [1.807, 2.05) is 37.5 Å². The van der Waals surface area contributed by atoms with Gasteiger partial charge >= 0.3 is 5.97 Å². The van der Waals surface area contributed by atoms with E-state index in [9.17, 15) is 14.7 Å². The van der Waals surface area contributed by atoms with Crippen LogP contribution >= 0.6 is 0 Å². The van der Waals surface area contributed by atoms with Gasteiger partial charge in [0.25, 0.3) is 0 Å². The molecule has 3 rings (SSSR count). The summed E-state index contributed by atoms with van der Waals surface area (Å²) < 4.78 is 13.2. The molecule has 25 heavy (non-hydrogen) atoms. The van der Waals surface area contributed by atoms with Crippen LogP contribution in [0.3, 0.4) is 0 Å². The third-order valence-electron chi connectivity index (χ3n) is 4.35. The van der Waals surface area contributed by atoms with E-state index in [2.05, 4.69) is 0 Å². The smallest absolute Gasteiger partial charge is 0.341 e. The summed E-state index contributed by atoms with van der Waals surface area (Å²) in [5.41, 5.74) is 1.93. The third-order valence-corrected chi connectivity index (χ3v) is 4.35. The number of benzene rings is 1. The Morgan fingerprint density at radius 2 is 1.84 bits per heavy atom. The lowest BCUT2D eigenvalue weighted by Gasteiger charge is -2.29. The number of aromatic nitrogens is 1. The number of pyridine rings is 1. The van der Waals surface area contributed by atoms with Crippen molar-refractivity contribution < 1.29 is 19.4 Å². The van der Waals surface area contributed by atoms with Gasteiger partial charge in [0, 0.05) is 23.9 Å². The van der Waals surface area contributed by atoms with Crippen molar-refractivity contribution in [3.05, 3.63) is 45.7 Å². The number of ether oxygens (including phenoxy) is 2. The summed E-state index contributed by atoms with van der Waals surface area (Å²) in [6, 6.07) is 5.27. The fraction of sp³-hybridized carbons (Fsp3) is 0.368. The van der Waals surface area contributed by atoms with Crippen molar-refractivity contribution in [2.75, 3.05) is 13.2 Å². The van der Waals surface area contributed by atoms with Crippen molar-refractivity contribution >= 4 is 5.97 Å². The fourth-order valence-electron chi connectivity index (χ4n) is 3.25. The molecule has 1 unspecified atom stereocenters. The van der Waals surface area contributed by atoms with Gasteiger partial charge in [-0.25, -0.2) is 4.79 Å². The molecular weight excluding hydrogens is 322 g/mol. The topological polar surface area (TPSA) is 77.8 Å². The molecule has 1 aromatic heterocycles. The lowest BCUT2D eigenvalue weighted by Crippen LogP contribution is -2.24. The molecule has 1 aromatic carbocycles. The van der Waals surface area contributed by atoms with Gasteiger partial charge in [-0.15, -0.1) is 0 Å². The molecule has 6 nitrogen and oxygen atoms in total. The van der Waals surface area contributed by atoms with Crippen LogP contribution in [-0.4, -0.2) is 28.9 Å². The van der Waals surface area contributed by atoms with Crippen LogP contribution < -0.4 is 14.9 Å². The van der Waals surface area contributed by atoms with Gasteiger partial charge in [0.05, 0.1) is 18.9 Å². The summed E-state index contributed by atoms with van der Waals surface area (Å²) in [5, 5.41) is 9.21. The Bertz CT molecular complexity index is 884. The van der Waals surface area contributed by atoms with Crippen molar-refractivity contribution in [3.63, 3.8) is 0 Å². The van der Waals surface area contributed by atoms with Gasteiger partial charge < -0.3 is 19.1 Å². The minimum absolute atomic E-state index is 0.0358. The molecule has 0 radical (unpaired) electrons. The van der Waals surface area contributed by atoms with Crippen LogP contribution in [0.4, 0.5) is 0 Å². The van der Waals surface area contributed by atoms with E-state index in [1.165, 1.54) is 12.3 Å². The first-order valence-corrected chi connectivity index (χ1v) is 8.38. The number of nitrogens with zero attached hydrogens (tertiary/aromatic N) is 1. The van der Waals surface area contributed by atoms with E-state index in [4.69, 9.17) is 9.47 Å². The van der Waals surface area contributed by atoms with Crippen molar-refractivity contribution in [1.29, 1.82) is 0 Å². The fourth-order valence-corrected chi connectivity index (χ4v) is 3.25. The number of carboxylic acid groups (broad SMARTS) is 1. The zero-order valence-electron chi connectivity index (χ0n) is 14.5. The van der Waals surface area contributed by atoms with Gasteiger partial charge in [-0.3, -0.25) is 4.79 Å². The van der Waals surface area contributed by atoms with E-state index in [0.717, 1.165) is 17.5 Å². The van der Waals surface area contributed by atoms with E-state index in [-0.39, 0.29) is 11.6 Å². The van der Waals surface area contributed by atoms with Crippen LogP contribution in [0.5, 0.6) is 11.5 Å². The molecule has 6 heteroatoms. The molecule has 0 fully saturated rings. The molecule has 0 amide bonds. The third kappa shape index (κ3) is 2.99. The normalized spacial score (nSPS) is 15.2. The maximum atomic E-state index is 12.2. The zero-order chi connectivity index (χ0) is 18.1. The predicted molar refractivity (Wildman–Crippen MR) is 93.9 cm³/mol. The van der Waals surface area contributed by atoms with Gasteiger partial charge in [0.2, 0.25) is 0 Å². The summed E-state index contributed by atoms with van der Waals surface area (Å²) in [7, 11) is 0. The molecule has 1 aliphatic heterocycles. The Hall–Kier alpha value is -2.76. The minimum atomic E-state index is -1.21. The molecule has 0 saturated carbocycles. The number of fused-ring (bicyclic) bond motifs is 3. The number of rotatable bonds is 5. The van der Waals surface area contributed by atoms with Crippen LogP contribution in [0, 0.1) is 0 Å². The lowest BCUT2D eigenvalue weighted by atomic mass is 9.92. The largest absolute Gasteiger partial charge is 0.490 e. The minimum Gasteiger partial charge on any atom is -0.490 e. The second-order valence-electron chi connectivity index (χ2n) is 6.02. The first-order chi connectivity index (χ1) is 12.0. The van der Waals surface area contributed by atoms with Crippen LogP contribution in [-0.2, 0) is 6.42 Å². The second-order valence-corrected chi connectivity index (χ2v) is 6.02. The van der Waals surface area contributed by atoms with Crippen LogP contribution in [0.25, 0.3) is 11.3 Å². The van der Waals surface area contributed by atoms with E-state index < -0.39 is 11.4 Å². The highest BCUT2D eigenvalue weighted by Gasteiger charge is 2.25. The molecular formula is C19H21NO5. The van der Waals surface area contributed by atoms with E-state index in [0.29, 0.717) is 30.4 Å². The van der Waals surface area contributed by atoms with Crippen LogP contribution in [0.2, 0.25) is 0 Å². The first kappa shape index (κ1) is 17.1. The monoisotopic (exact) mass is 343 g/mol. The Labute approximate surface area is 145 Å². The highest BCUT2D eigenvalue weighted by Crippen LogP contribution is 2.41. The van der Waals surface area contributed by atoms with Crippen molar-refractivity contribution in [2.45, 2.75) is 33.2 Å². The lowest BCUT2D eigenvalue weighted by molar-refractivity contribution is 0.0694. The second kappa shape index (κ2) is 6.63. The highest BCUT2D eigenvalue weighted by atomic mass is 16.5. The standard InChI is InChI=1S/C19H21NO5/c1-4-24-17-7-12-6-11(3)20-10-14(19(22)23)16(21)9-15(20)13(12)8-18(17)25-5-2/h7-11H,4-6H2,1-3H3,(H,22,23). The SMILES string of the molecule is CCOc1cc2c(cc1OCC)-c1cc(=O)c(C(=O)O)cn1C(C)C2. The quantitative estimate of drug-likeness (QED) is 0.902. The highest BCUT2D eigenvalue weighted by molar-refractivity contribution is 5.87. The Morgan fingerprint density at radius 1 is 1.20 bits per heavy atom. The summed E-state index contributed by atoms with van der Waals surface area (Å²) in [5.74, 6) is 0.104. The van der Waals surface area contributed by atoms with Crippen molar-refractivity contribution in [2.24, 2.45) is 0 Å².